The summed E-state index contributed by atoms with van der Waals surface area (Å²) in [4.78, 5) is 6.73. The molecule has 0 unspecified atom stereocenters. The summed E-state index contributed by atoms with van der Waals surface area (Å²) < 4.78 is 21.5. The summed E-state index contributed by atoms with van der Waals surface area (Å²) in [5.74, 6) is 2.60. The molecule has 1 aromatic carbocycles. The zero-order valence-corrected chi connectivity index (χ0v) is 16.4. The maximum Gasteiger partial charge on any atom is 0.188 e. The number of benzene rings is 1. The molecule has 1 saturated heterocycles. The fraction of sp³-hybridized carbons (Fsp3) is 0.632. The van der Waals surface area contributed by atoms with E-state index in [4.69, 9.17) is 24.7 Å². The number of hydrogen-bond acceptors (Lipinski definition) is 6. The molecule has 2 rings (SSSR count). The Morgan fingerprint density at radius 1 is 1.11 bits per heavy atom. The van der Waals surface area contributed by atoms with E-state index in [-0.39, 0.29) is 0 Å². The van der Waals surface area contributed by atoms with E-state index in [0.717, 1.165) is 52.2 Å². The molecule has 27 heavy (non-hydrogen) atoms. The van der Waals surface area contributed by atoms with Gasteiger partial charge in [-0.3, -0.25) is 9.89 Å². The summed E-state index contributed by atoms with van der Waals surface area (Å²) in [6.45, 7) is 6.75. The van der Waals surface area contributed by atoms with Crippen LogP contribution in [0.25, 0.3) is 0 Å². The largest absolute Gasteiger partial charge is 0.496 e. The van der Waals surface area contributed by atoms with Crippen molar-refractivity contribution in [3.05, 3.63) is 18.2 Å². The summed E-state index contributed by atoms with van der Waals surface area (Å²) in [7, 11) is 3.23. The van der Waals surface area contributed by atoms with Gasteiger partial charge in [-0.05, 0) is 13.0 Å². The van der Waals surface area contributed by atoms with Gasteiger partial charge in [0.15, 0.2) is 5.96 Å². The van der Waals surface area contributed by atoms with Crippen molar-refractivity contribution in [2.45, 2.75) is 12.8 Å². The monoisotopic (exact) mass is 380 g/mol. The molecule has 8 nitrogen and oxygen atoms in total. The van der Waals surface area contributed by atoms with Crippen LogP contribution in [0.15, 0.2) is 23.2 Å². The molecule has 0 aromatic heterocycles. The Labute approximate surface area is 161 Å². The van der Waals surface area contributed by atoms with Crippen molar-refractivity contribution in [2.75, 3.05) is 66.8 Å². The summed E-state index contributed by atoms with van der Waals surface area (Å²) in [6, 6.07) is 5.47. The SMILES string of the molecule is COc1cc(OC)cc(OCCCN=C(N)NCCCN2CCOCC2)c1. The van der Waals surface area contributed by atoms with Crippen LogP contribution >= 0.6 is 0 Å². The van der Waals surface area contributed by atoms with Gasteiger partial charge < -0.3 is 30.0 Å². The molecule has 3 N–H and O–H groups in total. The first kappa shape index (κ1) is 21.1. The minimum atomic E-state index is 0.486. The minimum Gasteiger partial charge on any atom is -0.496 e. The molecule has 0 spiro atoms. The number of guanidine groups is 1. The number of nitrogens with zero attached hydrogens (tertiary/aromatic N) is 2. The highest BCUT2D eigenvalue weighted by Gasteiger charge is 2.09. The lowest BCUT2D eigenvalue weighted by Gasteiger charge is -2.26. The highest BCUT2D eigenvalue weighted by atomic mass is 16.5. The second kappa shape index (κ2) is 12.2. The first-order chi connectivity index (χ1) is 13.2. The lowest BCUT2D eigenvalue weighted by atomic mass is 10.3. The molecule has 1 aliphatic rings. The Balaban J connectivity index is 1.57. The average molecular weight is 380 g/mol. The molecular weight excluding hydrogens is 348 g/mol. The molecule has 0 amide bonds. The molecule has 152 valence electrons. The molecule has 1 fully saturated rings. The molecule has 1 aliphatic heterocycles. The molecule has 1 heterocycles. The van der Waals surface area contributed by atoms with E-state index in [1.807, 2.05) is 18.2 Å². The smallest absolute Gasteiger partial charge is 0.188 e. The number of methoxy groups -OCH3 is 2. The van der Waals surface area contributed by atoms with Crippen molar-refractivity contribution >= 4 is 5.96 Å². The number of ether oxygens (including phenoxy) is 4. The van der Waals surface area contributed by atoms with Gasteiger partial charge in [0.05, 0.1) is 34.0 Å². The summed E-state index contributed by atoms with van der Waals surface area (Å²) in [5, 5.41) is 3.16. The maximum atomic E-state index is 5.89. The van der Waals surface area contributed by atoms with Crippen LogP contribution in [0.3, 0.4) is 0 Å². The quantitative estimate of drug-likeness (QED) is 0.337. The number of morpholine rings is 1. The van der Waals surface area contributed by atoms with Crippen LogP contribution in [-0.2, 0) is 4.74 Å². The fourth-order valence-electron chi connectivity index (χ4n) is 2.72. The van der Waals surface area contributed by atoms with Crippen molar-refractivity contribution in [3.63, 3.8) is 0 Å². The Bertz CT molecular complexity index is 555. The van der Waals surface area contributed by atoms with Crippen molar-refractivity contribution < 1.29 is 18.9 Å². The molecule has 1 aromatic rings. The Morgan fingerprint density at radius 3 is 2.44 bits per heavy atom. The predicted octanol–water partition coefficient (Wildman–Crippen LogP) is 1.10. The van der Waals surface area contributed by atoms with Gasteiger partial charge in [0.1, 0.15) is 17.2 Å². The third kappa shape index (κ3) is 8.36. The van der Waals surface area contributed by atoms with Gasteiger partial charge in [0.2, 0.25) is 0 Å². The number of aliphatic imine (C=N–C) groups is 1. The molecule has 8 heteroatoms. The molecule has 0 atom stereocenters. The number of hydrogen-bond donors (Lipinski definition) is 2. The van der Waals surface area contributed by atoms with Gasteiger partial charge >= 0.3 is 0 Å². The standard InChI is InChI=1S/C19H32N4O4/c1-24-16-13-17(25-2)15-18(14-16)27-10-4-6-22-19(20)21-5-3-7-23-8-11-26-12-9-23/h13-15H,3-12H2,1-2H3,(H3,20,21,22). The van der Waals surface area contributed by atoms with E-state index in [2.05, 4.69) is 15.2 Å². The van der Waals surface area contributed by atoms with E-state index in [1.165, 1.54) is 0 Å². The van der Waals surface area contributed by atoms with Crippen LogP contribution in [0.2, 0.25) is 0 Å². The Hall–Kier alpha value is -2.19. The molecular formula is C19H32N4O4. The van der Waals surface area contributed by atoms with E-state index in [9.17, 15) is 0 Å². The predicted molar refractivity (Wildman–Crippen MR) is 106 cm³/mol. The summed E-state index contributed by atoms with van der Waals surface area (Å²) >= 11 is 0. The van der Waals surface area contributed by atoms with Crippen molar-refractivity contribution in [2.24, 2.45) is 10.7 Å². The first-order valence-electron chi connectivity index (χ1n) is 9.41. The van der Waals surface area contributed by atoms with Crippen LogP contribution in [0.5, 0.6) is 17.2 Å². The number of nitrogens with one attached hydrogen (secondary N) is 1. The van der Waals surface area contributed by atoms with Gasteiger partial charge in [-0.1, -0.05) is 0 Å². The van der Waals surface area contributed by atoms with Crippen LogP contribution in [0.1, 0.15) is 12.8 Å². The fourth-order valence-corrected chi connectivity index (χ4v) is 2.72. The maximum absolute atomic E-state index is 5.89. The minimum absolute atomic E-state index is 0.486. The third-order valence-corrected chi connectivity index (χ3v) is 4.24. The zero-order valence-electron chi connectivity index (χ0n) is 16.4. The Kier molecular flexibility index (Phi) is 9.57. The topological polar surface area (TPSA) is 90.6 Å². The van der Waals surface area contributed by atoms with Gasteiger partial charge in [-0.15, -0.1) is 0 Å². The van der Waals surface area contributed by atoms with Crippen LogP contribution in [0.4, 0.5) is 0 Å². The highest BCUT2D eigenvalue weighted by Crippen LogP contribution is 2.27. The summed E-state index contributed by atoms with van der Waals surface area (Å²) in [6.07, 6.45) is 1.81. The highest BCUT2D eigenvalue weighted by molar-refractivity contribution is 5.77. The van der Waals surface area contributed by atoms with Crippen molar-refractivity contribution in [1.82, 2.24) is 10.2 Å². The zero-order chi connectivity index (χ0) is 19.3. The molecule has 0 radical (unpaired) electrons. The van der Waals surface area contributed by atoms with Gasteiger partial charge in [0, 0.05) is 50.8 Å². The van der Waals surface area contributed by atoms with E-state index >= 15 is 0 Å². The lowest BCUT2D eigenvalue weighted by Crippen LogP contribution is -2.39. The van der Waals surface area contributed by atoms with E-state index < -0.39 is 0 Å². The molecule has 0 aliphatic carbocycles. The number of rotatable bonds is 11. The average Bonchev–Trinajstić information content (AvgIpc) is 2.71. The van der Waals surface area contributed by atoms with E-state index in [0.29, 0.717) is 36.4 Å². The van der Waals surface area contributed by atoms with E-state index in [1.54, 1.807) is 14.2 Å². The van der Waals surface area contributed by atoms with Crippen molar-refractivity contribution in [1.29, 1.82) is 0 Å². The Morgan fingerprint density at radius 2 is 1.78 bits per heavy atom. The van der Waals surface area contributed by atoms with Gasteiger partial charge in [-0.2, -0.15) is 0 Å². The van der Waals surface area contributed by atoms with Crippen LogP contribution < -0.4 is 25.3 Å². The molecule has 0 saturated carbocycles. The first-order valence-corrected chi connectivity index (χ1v) is 9.41. The van der Waals surface area contributed by atoms with Crippen molar-refractivity contribution in [3.8, 4) is 17.2 Å². The van der Waals surface area contributed by atoms with Gasteiger partial charge in [-0.25, -0.2) is 0 Å². The van der Waals surface area contributed by atoms with Crippen LogP contribution in [-0.4, -0.2) is 77.6 Å². The van der Waals surface area contributed by atoms with Gasteiger partial charge in [0.25, 0.3) is 0 Å². The van der Waals surface area contributed by atoms with Crippen LogP contribution in [0, 0.1) is 0 Å². The third-order valence-electron chi connectivity index (χ3n) is 4.24. The number of nitrogens with two attached hydrogens (primary N) is 1. The second-order valence-electron chi connectivity index (χ2n) is 6.25. The summed E-state index contributed by atoms with van der Waals surface area (Å²) in [5.41, 5.74) is 5.89. The molecule has 0 bridgehead atoms. The second-order valence-corrected chi connectivity index (χ2v) is 6.25. The lowest BCUT2D eigenvalue weighted by molar-refractivity contribution is 0.0376. The normalized spacial score (nSPS) is 15.4.